The lowest BCUT2D eigenvalue weighted by Crippen LogP contribution is -2.30. The maximum absolute atomic E-state index is 5.07. The standard InChI is InChI=1S/C12H20N2O/c1-9-6-12(2,3)7-11(9)13-8-10-4-5-14-15-10/h4-5,9,11,13H,6-8H2,1-3H3. The van der Waals surface area contributed by atoms with Gasteiger partial charge in [0, 0.05) is 12.1 Å². The normalized spacial score (nSPS) is 29.5. The SMILES string of the molecule is CC1CC(C)(C)CC1NCc1ccno1. The van der Waals surface area contributed by atoms with Gasteiger partial charge in [-0.15, -0.1) is 0 Å². The van der Waals surface area contributed by atoms with E-state index in [-0.39, 0.29) is 0 Å². The summed E-state index contributed by atoms with van der Waals surface area (Å²) in [4.78, 5) is 0. The summed E-state index contributed by atoms with van der Waals surface area (Å²) in [5.74, 6) is 1.68. The van der Waals surface area contributed by atoms with Gasteiger partial charge in [0.25, 0.3) is 0 Å². The number of hydrogen-bond acceptors (Lipinski definition) is 3. The Hall–Kier alpha value is -0.830. The topological polar surface area (TPSA) is 38.1 Å². The maximum atomic E-state index is 5.07. The van der Waals surface area contributed by atoms with Crippen LogP contribution in [0.3, 0.4) is 0 Å². The first-order valence-corrected chi connectivity index (χ1v) is 5.70. The molecule has 2 rings (SSSR count). The highest BCUT2D eigenvalue weighted by molar-refractivity contribution is 4.96. The molecule has 2 atom stereocenters. The van der Waals surface area contributed by atoms with E-state index < -0.39 is 0 Å². The van der Waals surface area contributed by atoms with Crippen molar-refractivity contribution in [3.63, 3.8) is 0 Å². The number of hydrogen-bond donors (Lipinski definition) is 1. The number of rotatable bonds is 3. The zero-order chi connectivity index (χ0) is 10.9. The Morgan fingerprint density at radius 2 is 2.33 bits per heavy atom. The van der Waals surface area contributed by atoms with E-state index in [2.05, 4.69) is 31.2 Å². The van der Waals surface area contributed by atoms with Gasteiger partial charge in [0.2, 0.25) is 0 Å². The van der Waals surface area contributed by atoms with Crippen molar-refractivity contribution in [1.29, 1.82) is 0 Å². The van der Waals surface area contributed by atoms with E-state index in [1.54, 1.807) is 6.20 Å². The first-order valence-electron chi connectivity index (χ1n) is 5.70. The largest absolute Gasteiger partial charge is 0.360 e. The molecule has 0 aliphatic heterocycles. The molecule has 0 aromatic carbocycles. The highest BCUT2D eigenvalue weighted by Gasteiger charge is 2.36. The summed E-state index contributed by atoms with van der Waals surface area (Å²) < 4.78 is 5.07. The van der Waals surface area contributed by atoms with Crippen LogP contribution in [0.5, 0.6) is 0 Å². The molecule has 15 heavy (non-hydrogen) atoms. The van der Waals surface area contributed by atoms with Crippen molar-refractivity contribution in [2.24, 2.45) is 11.3 Å². The third kappa shape index (κ3) is 2.59. The molecule has 0 spiro atoms. The van der Waals surface area contributed by atoms with E-state index in [4.69, 9.17) is 4.52 Å². The van der Waals surface area contributed by atoms with Gasteiger partial charge in [0.1, 0.15) is 5.76 Å². The average Bonchev–Trinajstić information content (AvgIpc) is 2.70. The summed E-state index contributed by atoms with van der Waals surface area (Å²) in [6.07, 6.45) is 4.25. The number of nitrogens with one attached hydrogen (secondary N) is 1. The molecule has 1 saturated carbocycles. The van der Waals surface area contributed by atoms with Crippen molar-refractivity contribution in [1.82, 2.24) is 10.5 Å². The van der Waals surface area contributed by atoms with Crippen LogP contribution in [-0.2, 0) is 6.54 Å². The van der Waals surface area contributed by atoms with Crippen molar-refractivity contribution in [2.75, 3.05) is 0 Å². The van der Waals surface area contributed by atoms with Crippen LogP contribution >= 0.6 is 0 Å². The monoisotopic (exact) mass is 208 g/mol. The molecule has 3 heteroatoms. The minimum absolute atomic E-state index is 0.485. The fraction of sp³-hybridized carbons (Fsp3) is 0.750. The third-order valence-electron chi connectivity index (χ3n) is 3.36. The molecule has 0 bridgehead atoms. The molecule has 0 radical (unpaired) electrons. The Bertz CT molecular complexity index is 305. The van der Waals surface area contributed by atoms with Crippen LogP contribution in [0.25, 0.3) is 0 Å². The van der Waals surface area contributed by atoms with E-state index in [1.165, 1.54) is 12.8 Å². The molecular formula is C12H20N2O. The molecule has 0 saturated heterocycles. The summed E-state index contributed by atoms with van der Waals surface area (Å²) >= 11 is 0. The van der Waals surface area contributed by atoms with Gasteiger partial charge >= 0.3 is 0 Å². The van der Waals surface area contributed by atoms with Crippen molar-refractivity contribution in [3.05, 3.63) is 18.0 Å². The predicted octanol–water partition coefficient (Wildman–Crippen LogP) is 2.59. The van der Waals surface area contributed by atoms with Gasteiger partial charge < -0.3 is 9.84 Å². The summed E-state index contributed by atoms with van der Waals surface area (Å²) in [6, 6.07) is 2.53. The Balaban J connectivity index is 1.85. The molecule has 1 fully saturated rings. The highest BCUT2D eigenvalue weighted by Crippen LogP contribution is 2.40. The molecule has 1 aromatic rings. The van der Waals surface area contributed by atoms with Gasteiger partial charge in [-0.05, 0) is 24.2 Å². The van der Waals surface area contributed by atoms with Crippen LogP contribution < -0.4 is 5.32 Å². The van der Waals surface area contributed by atoms with Crippen molar-refractivity contribution in [2.45, 2.75) is 46.2 Å². The molecule has 0 amide bonds. The van der Waals surface area contributed by atoms with E-state index >= 15 is 0 Å². The molecule has 2 unspecified atom stereocenters. The Labute approximate surface area is 91.2 Å². The lowest BCUT2D eigenvalue weighted by atomic mass is 9.91. The van der Waals surface area contributed by atoms with Gasteiger partial charge in [0.05, 0.1) is 12.7 Å². The second-order valence-electron chi connectivity index (χ2n) is 5.52. The van der Waals surface area contributed by atoms with Crippen LogP contribution in [0.15, 0.2) is 16.8 Å². The van der Waals surface area contributed by atoms with E-state index in [1.807, 2.05) is 6.07 Å². The van der Waals surface area contributed by atoms with E-state index in [0.29, 0.717) is 11.5 Å². The Morgan fingerprint density at radius 1 is 1.53 bits per heavy atom. The van der Waals surface area contributed by atoms with Gasteiger partial charge in [-0.25, -0.2) is 0 Å². The number of aromatic nitrogens is 1. The average molecular weight is 208 g/mol. The van der Waals surface area contributed by atoms with Crippen LogP contribution in [0.2, 0.25) is 0 Å². The fourth-order valence-electron chi connectivity index (χ4n) is 2.73. The van der Waals surface area contributed by atoms with Crippen LogP contribution in [0.4, 0.5) is 0 Å². The molecule has 84 valence electrons. The lowest BCUT2D eigenvalue weighted by Gasteiger charge is -2.17. The molecule has 3 nitrogen and oxygen atoms in total. The third-order valence-corrected chi connectivity index (χ3v) is 3.36. The van der Waals surface area contributed by atoms with Gasteiger partial charge in [-0.3, -0.25) is 0 Å². The van der Waals surface area contributed by atoms with Gasteiger partial charge in [-0.1, -0.05) is 25.9 Å². The smallest absolute Gasteiger partial charge is 0.150 e. The van der Waals surface area contributed by atoms with Crippen LogP contribution in [0, 0.1) is 11.3 Å². The molecular weight excluding hydrogens is 188 g/mol. The van der Waals surface area contributed by atoms with Gasteiger partial charge in [0.15, 0.2) is 0 Å². The first-order chi connectivity index (χ1) is 7.07. The van der Waals surface area contributed by atoms with Crippen LogP contribution in [0.1, 0.15) is 39.4 Å². The lowest BCUT2D eigenvalue weighted by molar-refractivity contribution is 0.341. The summed E-state index contributed by atoms with van der Waals surface area (Å²) in [5, 5.41) is 7.26. The molecule has 1 aliphatic carbocycles. The second-order valence-corrected chi connectivity index (χ2v) is 5.52. The van der Waals surface area contributed by atoms with E-state index in [0.717, 1.165) is 18.2 Å². The molecule has 1 aromatic heterocycles. The first kappa shape index (κ1) is 10.7. The Kier molecular flexibility index (Phi) is 2.83. The molecule has 1 aliphatic rings. The second kappa shape index (κ2) is 3.97. The van der Waals surface area contributed by atoms with Crippen LogP contribution in [-0.4, -0.2) is 11.2 Å². The summed E-state index contributed by atoms with van der Waals surface area (Å²) in [5.41, 5.74) is 0.485. The van der Waals surface area contributed by atoms with E-state index in [9.17, 15) is 0 Å². The minimum Gasteiger partial charge on any atom is -0.360 e. The molecule has 1 N–H and O–H groups in total. The van der Waals surface area contributed by atoms with Crippen molar-refractivity contribution < 1.29 is 4.52 Å². The summed E-state index contributed by atoms with van der Waals surface area (Å²) in [6.45, 7) is 7.82. The predicted molar refractivity (Wildman–Crippen MR) is 59.3 cm³/mol. The van der Waals surface area contributed by atoms with Gasteiger partial charge in [-0.2, -0.15) is 0 Å². The maximum Gasteiger partial charge on any atom is 0.150 e. The summed E-state index contributed by atoms with van der Waals surface area (Å²) in [7, 11) is 0. The zero-order valence-corrected chi connectivity index (χ0v) is 9.79. The highest BCUT2D eigenvalue weighted by atomic mass is 16.5. The fourth-order valence-corrected chi connectivity index (χ4v) is 2.73. The molecule has 1 heterocycles. The minimum atomic E-state index is 0.485. The van der Waals surface area contributed by atoms with Crippen molar-refractivity contribution in [3.8, 4) is 0 Å². The quantitative estimate of drug-likeness (QED) is 0.829. The Morgan fingerprint density at radius 3 is 2.87 bits per heavy atom. The zero-order valence-electron chi connectivity index (χ0n) is 9.79. The van der Waals surface area contributed by atoms with Crippen molar-refractivity contribution >= 4 is 0 Å². The number of nitrogens with zero attached hydrogens (tertiary/aromatic N) is 1.